The number of oxime groups is 1. The molecule has 0 atom stereocenters. The highest BCUT2D eigenvalue weighted by atomic mass is 16.4. The molecule has 0 aliphatic heterocycles. The average Bonchev–Trinajstić information content (AvgIpc) is 3.22. The van der Waals surface area contributed by atoms with Crippen LogP contribution in [0, 0.1) is 19.3 Å². The van der Waals surface area contributed by atoms with Gasteiger partial charge in [0.2, 0.25) is 5.91 Å². The van der Waals surface area contributed by atoms with E-state index in [9.17, 15) is 4.79 Å². The number of amidine groups is 1. The molecule has 4 rings (SSSR count). The van der Waals surface area contributed by atoms with Gasteiger partial charge < -0.3 is 16.3 Å². The molecule has 0 radical (unpaired) electrons. The van der Waals surface area contributed by atoms with Crippen LogP contribution in [0.3, 0.4) is 0 Å². The van der Waals surface area contributed by atoms with Crippen LogP contribution in [-0.4, -0.2) is 31.5 Å². The number of anilines is 1. The van der Waals surface area contributed by atoms with Gasteiger partial charge in [-0.3, -0.25) is 4.79 Å². The maximum absolute atomic E-state index is 12.5. The highest BCUT2D eigenvalue weighted by molar-refractivity contribution is 5.98. The van der Waals surface area contributed by atoms with Crippen molar-refractivity contribution < 1.29 is 10.0 Å². The molecule has 8 nitrogen and oxygen atoms in total. The molecule has 174 valence electrons. The van der Waals surface area contributed by atoms with E-state index in [1.165, 1.54) is 0 Å². The number of aromatic nitrogens is 3. The van der Waals surface area contributed by atoms with Crippen LogP contribution in [0.5, 0.6) is 0 Å². The summed E-state index contributed by atoms with van der Waals surface area (Å²) >= 11 is 0. The molecule has 2 aromatic carbocycles. The first kappa shape index (κ1) is 23.0. The number of nitrogens with zero attached hydrogens (tertiary/aromatic N) is 4. The summed E-state index contributed by atoms with van der Waals surface area (Å²) in [4.78, 5) is 17.2. The number of hydrogen-bond donors (Lipinski definition) is 3. The Balaban J connectivity index is 1.68. The number of amides is 1. The molecule has 4 aromatic rings. The predicted octanol–water partition coefficient (Wildman–Crippen LogP) is 4.76. The second kappa shape index (κ2) is 8.62. The van der Waals surface area contributed by atoms with Crippen LogP contribution in [0.15, 0.2) is 59.9 Å². The van der Waals surface area contributed by atoms with E-state index in [1.54, 1.807) is 10.6 Å². The van der Waals surface area contributed by atoms with E-state index in [1.807, 2.05) is 83.3 Å². The van der Waals surface area contributed by atoms with Crippen molar-refractivity contribution in [1.82, 2.24) is 14.6 Å². The lowest BCUT2D eigenvalue weighted by Gasteiger charge is -2.19. The summed E-state index contributed by atoms with van der Waals surface area (Å²) in [5.74, 6) is 0.0240. The van der Waals surface area contributed by atoms with Crippen molar-refractivity contribution in [2.24, 2.45) is 16.3 Å². The highest BCUT2D eigenvalue weighted by Gasteiger charge is 2.22. The van der Waals surface area contributed by atoms with Crippen LogP contribution >= 0.6 is 0 Å². The third kappa shape index (κ3) is 4.47. The van der Waals surface area contributed by atoms with Crippen molar-refractivity contribution in [3.8, 4) is 22.5 Å². The Hall–Kier alpha value is -4.20. The lowest BCUT2D eigenvalue weighted by molar-refractivity contribution is -0.123. The highest BCUT2D eigenvalue weighted by Crippen LogP contribution is 2.28. The van der Waals surface area contributed by atoms with Gasteiger partial charge in [-0.05, 0) is 49.2 Å². The Morgan fingerprint density at radius 3 is 2.47 bits per heavy atom. The Bertz CT molecular complexity index is 1430. The molecule has 8 heteroatoms. The minimum Gasteiger partial charge on any atom is -0.409 e. The second-order valence-electron chi connectivity index (χ2n) is 9.40. The number of nitrogens with two attached hydrogens (primary N) is 1. The van der Waals surface area contributed by atoms with E-state index >= 15 is 0 Å². The molecule has 0 aliphatic carbocycles. The van der Waals surface area contributed by atoms with Crippen LogP contribution in [0.2, 0.25) is 0 Å². The van der Waals surface area contributed by atoms with E-state index < -0.39 is 5.41 Å². The first-order valence-electron chi connectivity index (χ1n) is 10.9. The molecule has 2 heterocycles. The zero-order valence-corrected chi connectivity index (χ0v) is 19.9. The fourth-order valence-electron chi connectivity index (χ4n) is 3.56. The summed E-state index contributed by atoms with van der Waals surface area (Å²) in [7, 11) is 0. The fourth-order valence-corrected chi connectivity index (χ4v) is 3.56. The van der Waals surface area contributed by atoms with Crippen molar-refractivity contribution >= 4 is 23.1 Å². The van der Waals surface area contributed by atoms with Crippen LogP contribution in [0.4, 0.5) is 5.69 Å². The Labute approximate surface area is 198 Å². The maximum Gasteiger partial charge on any atom is 0.229 e. The SMILES string of the molecule is Cc1ccc(-c2cn3nc(-c4ccc(/C(N)=N\O)cc4C)ccc3n2)cc1NC(=O)C(C)(C)C. The molecule has 0 fully saturated rings. The number of benzene rings is 2. The Morgan fingerprint density at radius 2 is 1.79 bits per heavy atom. The zero-order chi connectivity index (χ0) is 24.6. The summed E-state index contributed by atoms with van der Waals surface area (Å²) in [6.07, 6.45) is 1.87. The number of fused-ring (bicyclic) bond motifs is 1. The second-order valence-corrected chi connectivity index (χ2v) is 9.40. The minimum absolute atomic E-state index is 0.0394. The maximum atomic E-state index is 12.5. The Morgan fingerprint density at radius 1 is 1.03 bits per heavy atom. The smallest absolute Gasteiger partial charge is 0.229 e. The van der Waals surface area contributed by atoms with E-state index in [4.69, 9.17) is 21.0 Å². The summed E-state index contributed by atoms with van der Waals surface area (Å²) in [5.41, 5.74) is 12.6. The molecule has 0 saturated heterocycles. The molecule has 4 N–H and O–H groups in total. The van der Waals surface area contributed by atoms with Gasteiger partial charge in [-0.2, -0.15) is 5.10 Å². The van der Waals surface area contributed by atoms with Gasteiger partial charge in [0.1, 0.15) is 0 Å². The van der Waals surface area contributed by atoms with Gasteiger partial charge >= 0.3 is 0 Å². The third-order valence-electron chi connectivity index (χ3n) is 5.69. The van der Waals surface area contributed by atoms with E-state index in [0.717, 1.165) is 39.3 Å². The van der Waals surface area contributed by atoms with Crippen molar-refractivity contribution in [2.45, 2.75) is 34.6 Å². The van der Waals surface area contributed by atoms with Crippen LogP contribution < -0.4 is 11.1 Å². The van der Waals surface area contributed by atoms with Gasteiger partial charge in [0.05, 0.1) is 17.6 Å². The topological polar surface area (TPSA) is 118 Å². The lowest BCUT2D eigenvalue weighted by atomic mass is 9.95. The van der Waals surface area contributed by atoms with E-state index in [-0.39, 0.29) is 11.7 Å². The monoisotopic (exact) mass is 456 g/mol. The number of imidazole rings is 1. The molecule has 2 aromatic heterocycles. The normalized spacial score (nSPS) is 12.2. The minimum atomic E-state index is -0.487. The quantitative estimate of drug-likeness (QED) is 0.177. The number of carbonyl (C=O) groups excluding carboxylic acids is 1. The fraction of sp³-hybridized carbons (Fsp3) is 0.231. The molecule has 0 bridgehead atoms. The molecule has 0 spiro atoms. The largest absolute Gasteiger partial charge is 0.409 e. The van der Waals surface area contributed by atoms with Gasteiger partial charge in [0.25, 0.3) is 0 Å². The van der Waals surface area contributed by atoms with Crippen LogP contribution in [-0.2, 0) is 4.79 Å². The molecule has 0 aliphatic rings. The van der Waals surface area contributed by atoms with Crippen LogP contribution in [0.1, 0.15) is 37.5 Å². The predicted molar refractivity (Wildman–Crippen MR) is 134 cm³/mol. The van der Waals surface area contributed by atoms with Crippen molar-refractivity contribution in [3.05, 3.63) is 71.4 Å². The molecule has 34 heavy (non-hydrogen) atoms. The first-order chi connectivity index (χ1) is 16.1. The first-order valence-corrected chi connectivity index (χ1v) is 10.9. The van der Waals surface area contributed by atoms with E-state index in [0.29, 0.717) is 11.2 Å². The molecule has 0 unspecified atom stereocenters. The van der Waals surface area contributed by atoms with Gasteiger partial charge in [0.15, 0.2) is 11.5 Å². The van der Waals surface area contributed by atoms with Gasteiger partial charge in [0, 0.05) is 27.8 Å². The number of rotatable bonds is 4. The molecular formula is C26H28N6O2. The molecule has 1 amide bonds. The van der Waals surface area contributed by atoms with Gasteiger partial charge in [-0.25, -0.2) is 9.50 Å². The summed E-state index contributed by atoms with van der Waals surface area (Å²) in [6.45, 7) is 9.58. The van der Waals surface area contributed by atoms with Gasteiger partial charge in [-0.15, -0.1) is 0 Å². The third-order valence-corrected chi connectivity index (χ3v) is 5.69. The Kier molecular flexibility index (Phi) is 5.83. The zero-order valence-electron chi connectivity index (χ0n) is 19.9. The van der Waals surface area contributed by atoms with Crippen molar-refractivity contribution in [1.29, 1.82) is 0 Å². The number of nitrogens with one attached hydrogen (secondary N) is 1. The number of carbonyl (C=O) groups is 1. The van der Waals surface area contributed by atoms with Gasteiger partial charge in [-0.1, -0.05) is 50.2 Å². The average molecular weight is 457 g/mol. The summed E-state index contributed by atoms with van der Waals surface area (Å²) in [5, 5.41) is 19.7. The molecule has 0 saturated carbocycles. The number of aryl methyl sites for hydroxylation is 2. The van der Waals surface area contributed by atoms with Crippen molar-refractivity contribution in [2.75, 3.05) is 5.32 Å². The lowest BCUT2D eigenvalue weighted by Crippen LogP contribution is -2.27. The van der Waals surface area contributed by atoms with Crippen LogP contribution in [0.25, 0.3) is 28.2 Å². The summed E-state index contributed by atoms with van der Waals surface area (Å²) < 4.78 is 1.74. The summed E-state index contributed by atoms with van der Waals surface area (Å²) in [6, 6.07) is 15.3. The molecular weight excluding hydrogens is 428 g/mol. The van der Waals surface area contributed by atoms with E-state index in [2.05, 4.69) is 10.5 Å². The van der Waals surface area contributed by atoms with Crippen molar-refractivity contribution in [3.63, 3.8) is 0 Å². The number of hydrogen-bond acceptors (Lipinski definition) is 5. The standard InChI is InChI=1S/C26H28N6O2/c1-15-6-7-17(13-21(15)29-25(33)26(3,4)5)22-14-32-23(28-22)11-10-20(30-32)19-9-8-18(12-16(19)2)24(27)31-34/h6-14,34H,1-5H3,(H2,27,31)(H,29,33).